The minimum Gasteiger partial charge on any atom is -0.497 e. The van der Waals surface area contributed by atoms with E-state index >= 15 is 0 Å². The second-order valence-electron chi connectivity index (χ2n) is 7.27. The minimum absolute atomic E-state index is 0.197. The van der Waals surface area contributed by atoms with Gasteiger partial charge in [-0.3, -0.25) is 4.79 Å². The van der Waals surface area contributed by atoms with Crippen molar-refractivity contribution in [2.45, 2.75) is 19.4 Å². The van der Waals surface area contributed by atoms with Crippen molar-refractivity contribution in [3.05, 3.63) is 69.5 Å². The normalized spacial score (nSPS) is 13.8. The van der Waals surface area contributed by atoms with Crippen LogP contribution in [0.25, 0.3) is 22.4 Å². The van der Waals surface area contributed by atoms with E-state index in [2.05, 4.69) is 6.07 Å². The van der Waals surface area contributed by atoms with E-state index in [0.29, 0.717) is 13.2 Å². The molecule has 6 heteroatoms. The quantitative estimate of drug-likeness (QED) is 0.743. The summed E-state index contributed by atoms with van der Waals surface area (Å²) >= 11 is 0. The second kappa shape index (κ2) is 6.51. The van der Waals surface area contributed by atoms with Gasteiger partial charge in [-0.15, -0.1) is 0 Å². The van der Waals surface area contributed by atoms with Crippen LogP contribution < -0.4 is 14.9 Å². The topological polar surface area (TPSA) is 77.8 Å². The zero-order valence-electron chi connectivity index (χ0n) is 15.9. The molecule has 0 atom stereocenters. The molecule has 3 heterocycles. The summed E-state index contributed by atoms with van der Waals surface area (Å²) in [6, 6.07) is 11.3. The molecule has 2 aliphatic heterocycles. The fourth-order valence-corrected chi connectivity index (χ4v) is 4.33. The fraction of sp³-hybridized carbons (Fsp3) is 0.217. The van der Waals surface area contributed by atoms with Gasteiger partial charge in [0.1, 0.15) is 17.1 Å². The second-order valence-corrected chi connectivity index (χ2v) is 7.27. The van der Waals surface area contributed by atoms with Crippen LogP contribution in [0.5, 0.6) is 11.5 Å². The van der Waals surface area contributed by atoms with Crippen LogP contribution in [0.2, 0.25) is 0 Å². The van der Waals surface area contributed by atoms with Crippen molar-refractivity contribution in [2.75, 3.05) is 13.7 Å². The van der Waals surface area contributed by atoms with Gasteiger partial charge in [0.2, 0.25) is 0 Å². The predicted octanol–water partition coefficient (Wildman–Crippen LogP) is 3.38. The van der Waals surface area contributed by atoms with Crippen molar-refractivity contribution >= 4 is 5.97 Å². The van der Waals surface area contributed by atoms with E-state index in [-0.39, 0.29) is 5.56 Å². The van der Waals surface area contributed by atoms with Crippen molar-refractivity contribution < 1.29 is 19.4 Å². The summed E-state index contributed by atoms with van der Waals surface area (Å²) < 4.78 is 13.1. The van der Waals surface area contributed by atoms with Crippen LogP contribution in [0.3, 0.4) is 0 Å². The van der Waals surface area contributed by atoms with E-state index in [1.165, 1.54) is 23.4 Å². The molecule has 0 amide bonds. The number of ether oxygens (including phenoxy) is 2. The molecule has 2 aliphatic rings. The highest BCUT2D eigenvalue weighted by Crippen LogP contribution is 2.45. The highest BCUT2D eigenvalue weighted by Gasteiger charge is 2.28. The lowest BCUT2D eigenvalue weighted by Crippen LogP contribution is -2.22. The average Bonchev–Trinajstić information content (AvgIpc) is 3.22. The minimum atomic E-state index is -1.20. The van der Waals surface area contributed by atoms with E-state index in [9.17, 15) is 14.7 Å². The molecule has 1 N–H and O–H groups in total. The maximum atomic E-state index is 12.4. The lowest BCUT2D eigenvalue weighted by atomic mass is 9.87. The van der Waals surface area contributed by atoms with Gasteiger partial charge in [-0.05, 0) is 35.7 Å². The van der Waals surface area contributed by atoms with Crippen LogP contribution >= 0.6 is 0 Å². The number of hydrogen-bond donors (Lipinski definition) is 1. The summed E-state index contributed by atoms with van der Waals surface area (Å²) in [6.07, 6.45) is 3.07. The van der Waals surface area contributed by atoms with Crippen LogP contribution in [0.4, 0.5) is 0 Å². The maximum absolute atomic E-state index is 12.4. The van der Waals surface area contributed by atoms with Crippen molar-refractivity contribution in [1.29, 1.82) is 0 Å². The number of aryl methyl sites for hydroxylation is 1. The summed E-state index contributed by atoms with van der Waals surface area (Å²) in [7, 11) is 1.63. The third-order valence-corrected chi connectivity index (χ3v) is 5.73. The largest absolute Gasteiger partial charge is 0.497 e. The molecule has 6 nitrogen and oxygen atoms in total. The molecule has 29 heavy (non-hydrogen) atoms. The van der Waals surface area contributed by atoms with E-state index in [4.69, 9.17) is 9.47 Å². The Balaban J connectivity index is 1.74. The summed E-state index contributed by atoms with van der Waals surface area (Å²) in [4.78, 5) is 23.7. The number of fused-ring (bicyclic) bond motifs is 5. The molecule has 0 fully saturated rings. The van der Waals surface area contributed by atoms with Gasteiger partial charge in [0.05, 0.1) is 19.4 Å². The van der Waals surface area contributed by atoms with Crippen LogP contribution in [-0.4, -0.2) is 29.4 Å². The lowest BCUT2D eigenvalue weighted by molar-refractivity contribution is 0.0694. The van der Waals surface area contributed by atoms with Gasteiger partial charge in [0.15, 0.2) is 5.43 Å². The van der Waals surface area contributed by atoms with Gasteiger partial charge in [-0.1, -0.05) is 12.1 Å². The molecule has 0 saturated heterocycles. The molecule has 0 radical (unpaired) electrons. The molecule has 0 unspecified atom stereocenters. The number of carboxylic acids is 1. The number of methoxy groups -OCH3 is 1. The number of pyridine rings is 1. The van der Waals surface area contributed by atoms with Crippen molar-refractivity contribution in [3.63, 3.8) is 0 Å². The number of carboxylic acid groups (broad SMARTS) is 1. The van der Waals surface area contributed by atoms with Gasteiger partial charge in [0, 0.05) is 41.9 Å². The Morgan fingerprint density at radius 2 is 1.90 bits per heavy atom. The lowest BCUT2D eigenvalue weighted by Gasteiger charge is -2.25. The van der Waals surface area contributed by atoms with E-state index < -0.39 is 11.4 Å². The van der Waals surface area contributed by atoms with Gasteiger partial charge in [-0.2, -0.15) is 0 Å². The Morgan fingerprint density at radius 1 is 1.10 bits per heavy atom. The standard InChI is InChI=1S/C23H19NO5/c1-28-14-4-2-13(3-5-14)17-10-18-15(16-7-9-29-22(16)17)6-8-24-12-19(23(26)27)21(25)11-20(18)24/h2-5,10-12H,6-9H2,1H3,(H,26,27). The van der Waals surface area contributed by atoms with Crippen LogP contribution in [0.1, 0.15) is 21.5 Å². The molecule has 5 rings (SSSR count). The summed E-state index contributed by atoms with van der Waals surface area (Å²) in [5.41, 5.74) is 5.42. The van der Waals surface area contributed by atoms with Crippen LogP contribution in [-0.2, 0) is 19.4 Å². The summed E-state index contributed by atoms with van der Waals surface area (Å²) in [5, 5.41) is 9.28. The SMILES string of the molecule is COc1ccc(-c2cc3c(c4c2OCC4)CCn2cc(C(=O)O)c(=O)cc2-3)cc1. The molecule has 0 bridgehead atoms. The smallest absolute Gasteiger partial charge is 0.341 e. The molecule has 3 aromatic rings. The van der Waals surface area contributed by atoms with Gasteiger partial charge >= 0.3 is 5.97 Å². The van der Waals surface area contributed by atoms with Gasteiger partial charge < -0.3 is 19.1 Å². The Morgan fingerprint density at radius 3 is 2.62 bits per heavy atom. The number of hydrogen-bond acceptors (Lipinski definition) is 4. The van der Waals surface area contributed by atoms with Gasteiger partial charge in [0.25, 0.3) is 0 Å². The van der Waals surface area contributed by atoms with Crippen LogP contribution in [0.15, 0.2) is 47.4 Å². The highest BCUT2D eigenvalue weighted by molar-refractivity contribution is 5.88. The third kappa shape index (κ3) is 2.71. The molecular formula is C23H19NO5. The Kier molecular flexibility index (Phi) is 3.94. The van der Waals surface area contributed by atoms with Crippen molar-refractivity contribution in [3.8, 4) is 33.9 Å². The number of nitrogens with zero attached hydrogens (tertiary/aromatic N) is 1. The first-order valence-corrected chi connectivity index (χ1v) is 9.51. The van der Waals surface area contributed by atoms with E-state index in [0.717, 1.165) is 46.7 Å². The number of carbonyl (C=O) groups is 1. The number of aromatic nitrogens is 1. The Hall–Kier alpha value is -3.54. The molecule has 1 aromatic heterocycles. The summed E-state index contributed by atoms with van der Waals surface area (Å²) in [6.45, 7) is 1.27. The first-order valence-electron chi connectivity index (χ1n) is 9.51. The number of rotatable bonds is 3. The predicted molar refractivity (Wildman–Crippen MR) is 108 cm³/mol. The highest BCUT2D eigenvalue weighted by atomic mass is 16.5. The van der Waals surface area contributed by atoms with E-state index in [1.807, 2.05) is 28.8 Å². The Bertz CT molecular complexity index is 1210. The van der Waals surface area contributed by atoms with E-state index in [1.54, 1.807) is 7.11 Å². The molecule has 0 aliphatic carbocycles. The third-order valence-electron chi connectivity index (χ3n) is 5.73. The number of benzene rings is 2. The zero-order chi connectivity index (χ0) is 20.1. The first-order chi connectivity index (χ1) is 14.1. The maximum Gasteiger partial charge on any atom is 0.341 e. The molecule has 0 spiro atoms. The molecule has 146 valence electrons. The molecule has 0 saturated carbocycles. The average molecular weight is 389 g/mol. The number of aromatic carboxylic acids is 1. The fourth-order valence-electron chi connectivity index (χ4n) is 4.33. The van der Waals surface area contributed by atoms with Crippen molar-refractivity contribution in [2.24, 2.45) is 0 Å². The molecular weight excluding hydrogens is 370 g/mol. The monoisotopic (exact) mass is 389 g/mol. The van der Waals surface area contributed by atoms with Crippen molar-refractivity contribution in [1.82, 2.24) is 4.57 Å². The molecule has 2 aromatic carbocycles. The van der Waals surface area contributed by atoms with Crippen LogP contribution in [0, 0.1) is 0 Å². The van der Waals surface area contributed by atoms with Gasteiger partial charge in [-0.25, -0.2) is 4.79 Å². The Labute approximate surface area is 166 Å². The summed E-state index contributed by atoms with van der Waals surface area (Å²) in [5.74, 6) is 0.492. The first kappa shape index (κ1) is 17.6. The zero-order valence-corrected chi connectivity index (χ0v) is 15.9.